The van der Waals surface area contributed by atoms with E-state index >= 15 is 0 Å². The molecule has 0 aliphatic carbocycles. The van der Waals surface area contributed by atoms with Gasteiger partial charge in [0.05, 0.1) is 4.90 Å². The Kier molecular flexibility index (Phi) is 5.98. The molecule has 142 valence electrons. The highest BCUT2D eigenvalue weighted by molar-refractivity contribution is 7.90. The van der Waals surface area contributed by atoms with Crippen LogP contribution in [0.4, 0.5) is 0 Å². The van der Waals surface area contributed by atoms with E-state index in [4.69, 9.17) is 0 Å². The summed E-state index contributed by atoms with van der Waals surface area (Å²) in [7, 11) is -5.25. The van der Waals surface area contributed by atoms with E-state index in [1.807, 2.05) is 6.92 Å². The summed E-state index contributed by atoms with van der Waals surface area (Å²) in [5, 5.41) is 0. The third kappa shape index (κ3) is 4.61. The summed E-state index contributed by atoms with van der Waals surface area (Å²) in [4.78, 5) is 0.229. The number of hydrogen-bond acceptors (Lipinski definition) is 4. The second-order valence-electron chi connectivity index (χ2n) is 7.30. The van der Waals surface area contributed by atoms with Crippen molar-refractivity contribution in [3.05, 3.63) is 29.8 Å². The molecule has 3 atom stereocenters. The molecule has 1 heterocycles. The molecule has 1 aromatic carbocycles. The fourth-order valence-corrected chi connectivity index (χ4v) is 5.78. The van der Waals surface area contributed by atoms with E-state index < -0.39 is 20.0 Å². The Morgan fingerprint density at radius 1 is 1.04 bits per heavy atom. The SMILES string of the molecule is CC1CC(C)CN(S(=O)(=O)N(C)C(C)c2ccc(S(C)(=O)=O)cc2)C1. The van der Waals surface area contributed by atoms with Gasteiger partial charge in [-0.1, -0.05) is 26.0 Å². The minimum Gasteiger partial charge on any atom is -0.224 e. The Morgan fingerprint density at radius 2 is 1.52 bits per heavy atom. The molecule has 0 spiro atoms. The number of hydrogen-bond donors (Lipinski definition) is 0. The zero-order valence-corrected chi connectivity index (χ0v) is 17.1. The highest BCUT2D eigenvalue weighted by Gasteiger charge is 2.35. The molecule has 25 heavy (non-hydrogen) atoms. The van der Waals surface area contributed by atoms with Crippen LogP contribution in [0.3, 0.4) is 0 Å². The lowest BCUT2D eigenvalue weighted by molar-refractivity contribution is 0.207. The average Bonchev–Trinajstić information content (AvgIpc) is 2.51. The van der Waals surface area contributed by atoms with Crippen molar-refractivity contribution < 1.29 is 16.8 Å². The van der Waals surface area contributed by atoms with Crippen molar-refractivity contribution in [2.45, 2.75) is 38.1 Å². The normalized spacial score (nSPS) is 24.4. The van der Waals surface area contributed by atoms with E-state index in [0.717, 1.165) is 18.2 Å². The smallest absolute Gasteiger partial charge is 0.224 e. The molecule has 0 saturated carbocycles. The van der Waals surface area contributed by atoms with Crippen molar-refractivity contribution in [3.63, 3.8) is 0 Å². The predicted octanol–water partition coefficient (Wildman–Crippen LogP) is 2.31. The van der Waals surface area contributed by atoms with E-state index in [1.165, 1.54) is 16.4 Å². The van der Waals surface area contributed by atoms with Crippen LogP contribution in [-0.2, 0) is 20.0 Å². The largest absolute Gasteiger partial charge is 0.282 e. The maximum atomic E-state index is 13.0. The lowest BCUT2D eigenvalue weighted by Crippen LogP contribution is -2.48. The topological polar surface area (TPSA) is 74.8 Å². The number of nitrogens with zero attached hydrogens (tertiary/aromatic N) is 2. The summed E-state index contributed by atoms with van der Waals surface area (Å²) >= 11 is 0. The van der Waals surface area contributed by atoms with Gasteiger partial charge in [-0.05, 0) is 42.9 Å². The fraction of sp³-hybridized carbons (Fsp3) is 0.647. The molecule has 2 rings (SSSR count). The van der Waals surface area contributed by atoms with Gasteiger partial charge in [0.2, 0.25) is 0 Å². The van der Waals surface area contributed by atoms with E-state index in [2.05, 4.69) is 13.8 Å². The number of benzene rings is 1. The van der Waals surface area contributed by atoms with E-state index in [0.29, 0.717) is 24.9 Å². The van der Waals surface area contributed by atoms with Gasteiger partial charge < -0.3 is 0 Å². The van der Waals surface area contributed by atoms with Crippen LogP contribution >= 0.6 is 0 Å². The second kappa shape index (κ2) is 7.34. The predicted molar refractivity (Wildman–Crippen MR) is 99.2 cm³/mol. The summed E-state index contributed by atoms with van der Waals surface area (Å²) in [6, 6.07) is 6.01. The number of sulfone groups is 1. The van der Waals surface area contributed by atoms with E-state index in [9.17, 15) is 16.8 Å². The molecule has 1 aliphatic heterocycles. The molecular formula is C17H28N2O4S2. The van der Waals surface area contributed by atoms with Crippen molar-refractivity contribution in [1.29, 1.82) is 0 Å². The summed E-state index contributed by atoms with van der Waals surface area (Å²) in [5.41, 5.74) is 0.761. The first-order valence-corrected chi connectivity index (χ1v) is 11.7. The first kappa shape index (κ1) is 20.4. The van der Waals surface area contributed by atoms with Crippen LogP contribution in [0, 0.1) is 11.8 Å². The average molecular weight is 389 g/mol. The Balaban J connectivity index is 2.22. The van der Waals surface area contributed by atoms with Gasteiger partial charge in [0, 0.05) is 32.4 Å². The minimum atomic E-state index is -3.57. The molecule has 1 aliphatic rings. The molecule has 0 bridgehead atoms. The second-order valence-corrected chi connectivity index (χ2v) is 11.3. The standard InChI is InChI=1S/C17H28N2O4S2/c1-13-10-14(2)12-19(11-13)25(22,23)18(4)15(3)16-6-8-17(9-7-16)24(5,20)21/h6-9,13-15H,10-12H2,1-5H3. The fourth-order valence-electron chi connectivity index (χ4n) is 3.38. The molecule has 1 saturated heterocycles. The minimum absolute atomic E-state index is 0.229. The summed E-state index contributed by atoms with van der Waals surface area (Å²) in [5.74, 6) is 0.688. The Bertz CT molecular complexity index is 794. The van der Waals surface area contributed by atoms with Crippen LogP contribution in [0.25, 0.3) is 0 Å². The van der Waals surface area contributed by atoms with Gasteiger partial charge in [-0.25, -0.2) is 8.42 Å². The van der Waals surface area contributed by atoms with Gasteiger partial charge in [0.1, 0.15) is 0 Å². The molecule has 3 unspecified atom stereocenters. The van der Waals surface area contributed by atoms with Crippen molar-refractivity contribution in [3.8, 4) is 0 Å². The van der Waals surface area contributed by atoms with Crippen LogP contribution in [0.1, 0.15) is 38.8 Å². The molecule has 0 amide bonds. The van der Waals surface area contributed by atoms with Crippen molar-refractivity contribution in [2.24, 2.45) is 11.8 Å². The molecule has 1 aromatic rings. The third-order valence-electron chi connectivity index (χ3n) is 4.86. The summed E-state index contributed by atoms with van der Waals surface area (Å²) < 4.78 is 52.0. The molecule has 8 heteroatoms. The van der Waals surface area contributed by atoms with Crippen LogP contribution in [-0.4, -0.2) is 51.8 Å². The van der Waals surface area contributed by atoms with Gasteiger partial charge in [0.25, 0.3) is 10.2 Å². The maximum absolute atomic E-state index is 13.0. The van der Waals surface area contributed by atoms with Crippen molar-refractivity contribution in [2.75, 3.05) is 26.4 Å². The van der Waals surface area contributed by atoms with E-state index in [1.54, 1.807) is 23.5 Å². The van der Waals surface area contributed by atoms with E-state index in [-0.39, 0.29) is 10.9 Å². The highest BCUT2D eigenvalue weighted by atomic mass is 32.2. The zero-order chi connectivity index (χ0) is 19.0. The molecule has 0 aromatic heterocycles. The van der Waals surface area contributed by atoms with Gasteiger partial charge in [0.15, 0.2) is 9.84 Å². The molecule has 0 N–H and O–H groups in total. The monoisotopic (exact) mass is 388 g/mol. The van der Waals surface area contributed by atoms with Crippen LogP contribution in [0.15, 0.2) is 29.2 Å². The van der Waals surface area contributed by atoms with Crippen LogP contribution < -0.4 is 0 Å². The Hall–Kier alpha value is -0.960. The highest BCUT2D eigenvalue weighted by Crippen LogP contribution is 2.29. The first-order valence-electron chi connectivity index (χ1n) is 8.46. The number of piperidine rings is 1. The van der Waals surface area contributed by atoms with Crippen molar-refractivity contribution >= 4 is 20.0 Å². The van der Waals surface area contributed by atoms with Gasteiger partial charge in [-0.2, -0.15) is 17.0 Å². The number of rotatable bonds is 5. The Morgan fingerprint density at radius 3 is 1.96 bits per heavy atom. The van der Waals surface area contributed by atoms with Crippen molar-refractivity contribution in [1.82, 2.24) is 8.61 Å². The third-order valence-corrected chi connectivity index (χ3v) is 7.98. The molecule has 6 nitrogen and oxygen atoms in total. The summed E-state index contributed by atoms with van der Waals surface area (Å²) in [6.45, 7) is 7.04. The summed E-state index contributed by atoms with van der Waals surface area (Å²) in [6.07, 6.45) is 2.19. The molecule has 1 fully saturated rings. The van der Waals surface area contributed by atoms with Gasteiger partial charge in [-0.3, -0.25) is 0 Å². The van der Waals surface area contributed by atoms with Crippen LogP contribution in [0.5, 0.6) is 0 Å². The quantitative estimate of drug-likeness (QED) is 0.776. The molecule has 0 radical (unpaired) electrons. The van der Waals surface area contributed by atoms with Gasteiger partial charge >= 0.3 is 0 Å². The van der Waals surface area contributed by atoms with Gasteiger partial charge in [-0.15, -0.1) is 0 Å². The molecular weight excluding hydrogens is 360 g/mol. The maximum Gasteiger partial charge on any atom is 0.282 e. The first-order chi connectivity index (χ1) is 11.4. The Labute approximate surface area is 151 Å². The van der Waals surface area contributed by atoms with Crippen LogP contribution in [0.2, 0.25) is 0 Å². The lowest BCUT2D eigenvalue weighted by atomic mass is 9.94. The lowest BCUT2D eigenvalue weighted by Gasteiger charge is -2.37. The zero-order valence-electron chi connectivity index (χ0n) is 15.5.